The zero-order chi connectivity index (χ0) is 16.2. The molecule has 0 unspecified atom stereocenters. The summed E-state index contributed by atoms with van der Waals surface area (Å²) in [5.41, 5.74) is 1.00. The molecule has 23 heavy (non-hydrogen) atoms. The summed E-state index contributed by atoms with van der Waals surface area (Å²) >= 11 is 0. The molecule has 7 heteroatoms. The highest BCUT2D eigenvalue weighted by atomic mass is 16.5. The van der Waals surface area contributed by atoms with Crippen molar-refractivity contribution in [2.24, 2.45) is 0 Å². The van der Waals surface area contributed by atoms with E-state index in [4.69, 9.17) is 9.05 Å². The van der Waals surface area contributed by atoms with Crippen LogP contribution in [0.3, 0.4) is 0 Å². The third kappa shape index (κ3) is 3.97. The molecule has 2 aromatic rings. The Bertz CT molecular complexity index is 616. The average Bonchev–Trinajstić information content (AvgIpc) is 3.17. The summed E-state index contributed by atoms with van der Waals surface area (Å²) in [5.74, 6) is 2.41. The van der Waals surface area contributed by atoms with Crippen LogP contribution in [0.25, 0.3) is 0 Å². The number of hydrogen-bond acceptors (Lipinski definition) is 7. The molecule has 0 aromatic carbocycles. The molecule has 0 aliphatic carbocycles. The largest absolute Gasteiger partial charge is 0.361 e. The monoisotopic (exact) mass is 319 g/mol. The van der Waals surface area contributed by atoms with E-state index in [1.807, 2.05) is 13.0 Å². The lowest BCUT2D eigenvalue weighted by atomic mass is 10.2. The lowest BCUT2D eigenvalue weighted by molar-refractivity contribution is 0.0833. The van der Waals surface area contributed by atoms with E-state index in [9.17, 15) is 0 Å². The second-order valence-electron chi connectivity index (χ2n) is 6.22. The molecule has 1 aliphatic heterocycles. The fourth-order valence-corrected chi connectivity index (χ4v) is 2.95. The van der Waals surface area contributed by atoms with Crippen molar-refractivity contribution >= 4 is 0 Å². The smallest absolute Gasteiger partial charge is 0.243 e. The molecule has 1 atom stereocenters. The standard InChI is InChI=1S/C16H25N5O2/c1-4-5-15-17-16(23-19-15)13(3)21-8-6-20(7-9-21)11-14-10-12(2)22-18-14/h10,13H,4-9,11H2,1-3H3/t13-/m1/s1. The van der Waals surface area contributed by atoms with Gasteiger partial charge < -0.3 is 9.05 Å². The van der Waals surface area contributed by atoms with Gasteiger partial charge in [-0.3, -0.25) is 9.80 Å². The zero-order valence-corrected chi connectivity index (χ0v) is 14.2. The Kier molecular flexibility index (Phi) is 5.07. The van der Waals surface area contributed by atoms with Crippen molar-refractivity contribution in [2.45, 2.75) is 46.2 Å². The number of aryl methyl sites for hydroxylation is 2. The third-order valence-electron chi connectivity index (χ3n) is 4.33. The summed E-state index contributed by atoms with van der Waals surface area (Å²) in [6, 6.07) is 2.17. The Morgan fingerprint density at radius 2 is 1.96 bits per heavy atom. The quantitative estimate of drug-likeness (QED) is 0.808. The predicted molar refractivity (Wildman–Crippen MR) is 84.8 cm³/mol. The molecule has 7 nitrogen and oxygen atoms in total. The molecule has 0 saturated carbocycles. The first-order valence-corrected chi connectivity index (χ1v) is 8.36. The van der Waals surface area contributed by atoms with Crippen LogP contribution in [0.5, 0.6) is 0 Å². The lowest BCUT2D eigenvalue weighted by Gasteiger charge is -2.36. The van der Waals surface area contributed by atoms with Gasteiger partial charge in [0.25, 0.3) is 0 Å². The number of nitrogens with zero attached hydrogens (tertiary/aromatic N) is 5. The van der Waals surface area contributed by atoms with Crippen molar-refractivity contribution < 1.29 is 9.05 Å². The van der Waals surface area contributed by atoms with Crippen molar-refractivity contribution in [3.05, 3.63) is 29.2 Å². The van der Waals surface area contributed by atoms with Crippen molar-refractivity contribution in [3.63, 3.8) is 0 Å². The van der Waals surface area contributed by atoms with Crippen LogP contribution in [0.2, 0.25) is 0 Å². The van der Waals surface area contributed by atoms with Gasteiger partial charge >= 0.3 is 0 Å². The number of hydrogen-bond donors (Lipinski definition) is 0. The van der Waals surface area contributed by atoms with Crippen LogP contribution in [0, 0.1) is 6.92 Å². The average molecular weight is 319 g/mol. The van der Waals surface area contributed by atoms with Gasteiger partial charge in [-0.25, -0.2) is 0 Å². The molecule has 0 bridgehead atoms. The second kappa shape index (κ2) is 7.23. The van der Waals surface area contributed by atoms with Crippen LogP contribution in [0.4, 0.5) is 0 Å². The molecular formula is C16H25N5O2. The number of piperazine rings is 1. The Labute approximate surface area is 136 Å². The van der Waals surface area contributed by atoms with E-state index >= 15 is 0 Å². The highest BCUT2D eigenvalue weighted by Gasteiger charge is 2.26. The summed E-state index contributed by atoms with van der Waals surface area (Å²) in [5, 5.41) is 8.12. The Hall–Kier alpha value is -1.73. The summed E-state index contributed by atoms with van der Waals surface area (Å²) in [7, 11) is 0. The van der Waals surface area contributed by atoms with Crippen molar-refractivity contribution in [1.82, 2.24) is 25.1 Å². The summed E-state index contributed by atoms with van der Waals surface area (Å²) in [6.07, 6.45) is 1.91. The van der Waals surface area contributed by atoms with E-state index in [-0.39, 0.29) is 6.04 Å². The van der Waals surface area contributed by atoms with Gasteiger partial charge in [0.15, 0.2) is 5.82 Å². The normalized spacial score (nSPS) is 18.4. The SMILES string of the molecule is CCCc1noc([C@@H](C)N2CCN(Cc3cc(C)on3)CC2)n1. The van der Waals surface area contributed by atoms with E-state index in [0.29, 0.717) is 0 Å². The van der Waals surface area contributed by atoms with Gasteiger partial charge in [-0.15, -0.1) is 0 Å². The Morgan fingerprint density at radius 1 is 1.17 bits per heavy atom. The molecule has 1 saturated heterocycles. The maximum Gasteiger partial charge on any atom is 0.243 e. The highest BCUT2D eigenvalue weighted by molar-refractivity contribution is 5.03. The van der Waals surface area contributed by atoms with Crippen LogP contribution in [0.15, 0.2) is 15.1 Å². The molecular weight excluding hydrogens is 294 g/mol. The van der Waals surface area contributed by atoms with Gasteiger partial charge in [-0.1, -0.05) is 17.2 Å². The fraction of sp³-hybridized carbons (Fsp3) is 0.688. The molecule has 1 aliphatic rings. The first-order valence-electron chi connectivity index (χ1n) is 8.36. The van der Waals surface area contributed by atoms with Crippen LogP contribution in [0.1, 0.15) is 49.5 Å². The number of aromatic nitrogens is 3. The Balaban J connectivity index is 1.51. The first-order chi connectivity index (χ1) is 11.2. The maximum atomic E-state index is 5.42. The minimum atomic E-state index is 0.171. The van der Waals surface area contributed by atoms with Crippen molar-refractivity contribution in [1.29, 1.82) is 0 Å². The van der Waals surface area contributed by atoms with Gasteiger partial charge in [0, 0.05) is 45.2 Å². The summed E-state index contributed by atoms with van der Waals surface area (Å²) < 4.78 is 10.5. The van der Waals surface area contributed by atoms with Crippen molar-refractivity contribution in [2.75, 3.05) is 26.2 Å². The van der Waals surface area contributed by atoms with E-state index in [1.54, 1.807) is 0 Å². The van der Waals surface area contributed by atoms with E-state index in [1.165, 1.54) is 0 Å². The third-order valence-corrected chi connectivity index (χ3v) is 4.33. The molecule has 3 heterocycles. The van der Waals surface area contributed by atoms with Gasteiger partial charge in [0.05, 0.1) is 11.7 Å². The second-order valence-corrected chi connectivity index (χ2v) is 6.22. The summed E-state index contributed by atoms with van der Waals surface area (Å²) in [6.45, 7) is 11.0. The lowest BCUT2D eigenvalue weighted by Crippen LogP contribution is -2.46. The molecule has 0 amide bonds. The highest BCUT2D eigenvalue weighted by Crippen LogP contribution is 2.21. The molecule has 3 rings (SSSR count). The summed E-state index contributed by atoms with van der Waals surface area (Å²) in [4.78, 5) is 9.31. The Morgan fingerprint density at radius 3 is 2.61 bits per heavy atom. The zero-order valence-electron chi connectivity index (χ0n) is 14.2. The van der Waals surface area contributed by atoms with Gasteiger partial charge in [0.1, 0.15) is 5.76 Å². The molecule has 126 valence electrons. The van der Waals surface area contributed by atoms with Gasteiger partial charge in [-0.05, 0) is 20.3 Å². The molecule has 1 fully saturated rings. The van der Waals surface area contributed by atoms with Gasteiger partial charge in [0.2, 0.25) is 5.89 Å². The van der Waals surface area contributed by atoms with Gasteiger partial charge in [-0.2, -0.15) is 4.98 Å². The predicted octanol–water partition coefficient (Wildman–Crippen LogP) is 2.20. The topological polar surface area (TPSA) is 71.4 Å². The van der Waals surface area contributed by atoms with Crippen LogP contribution < -0.4 is 0 Å². The van der Waals surface area contributed by atoms with E-state index in [0.717, 1.165) is 68.7 Å². The molecule has 2 aromatic heterocycles. The van der Waals surface area contributed by atoms with Crippen LogP contribution in [-0.2, 0) is 13.0 Å². The minimum Gasteiger partial charge on any atom is -0.361 e. The van der Waals surface area contributed by atoms with Crippen molar-refractivity contribution in [3.8, 4) is 0 Å². The fourth-order valence-electron chi connectivity index (χ4n) is 2.95. The van der Waals surface area contributed by atoms with Crippen LogP contribution >= 0.6 is 0 Å². The number of rotatable bonds is 6. The molecule has 0 radical (unpaired) electrons. The molecule has 0 spiro atoms. The van der Waals surface area contributed by atoms with Crippen LogP contribution in [-0.4, -0.2) is 51.3 Å². The van der Waals surface area contributed by atoms with E-state index in [2.05, 4.69) is 38.9 Å². The maximum absolute atomic E-state index is 5.42. The first kappa shape index (κ1) is 16.1. The molecule has 0 N–H and O–H groups in total. The minimum absolute atomic E-state index is 0.171. The van der Waals surface area contributed by atoms with E-state index < -0.39 is 0 Å².